The third kappa shape index (κ3) is 1.35. The summed E-state index contributed by atoms with van der Waals surface area (Å²) in [6.07, 6.45) is 0. The van der Waals surface area contributed by atoms with Gasteiger partial charge in [-0.2, -0.15) is 5.10 Å². The van der Waals surface area contributed by atoms with Crippen molar-refractivity contribution in [2.24, 2.45) is 0 Å². The Labute approximate surface area is 83.5 Å². The van der Waals surface area contributed by atoms with Crippen LogP contribution in [0.5, 0.6) is 0 Å². The van der Waals surface area contributed by atoms with Gasteiger partial charge in [-0.3, -0.25) is 4.68 Å². The highest BCUT2D eigenvalue weighted by Gasteiger charge is 2.07. The molecule has 2 nitrogen and oxygen atoms in total. The summed E-state index contributed by atoms with van der Waals surface area (Å²) >= 11 is 3.41. The molecule has 1 heterocycles. The molecule has 0 atom stereocenters. The lowest BCUT2D eigenvalue weighted by molar-refractivity contribution is 0.627. The van der Waals surface area contributed by atoms with Crippen molar-refractivity contribution in [3.63, 3.8) is 0 Å². The number of rotatable bonds is 1. The molecule has 68 valence electrons. The number of benzene rings is 1. The molecule has 1 aromatic heterocycles. The number of nitrogens with zero attached hydrogens (tertiary/aromatic N) is 2. The monoisotopic (exact) mass is 242 g/mol. The van der Waals surface area contributed by atoms with Crippen molar-refractivity contribution in [3.05, 3.63) is 28.6 Å². The van der Waals surface area contributed by atoms with Crippen LogP contribution in [-0.4, -0.2) is 9.78 Å². The molecule has 0 aliphatic heterocycles. The summed E-state index contributed by atoms with van der Waals surface area (Å²) in [7, 11) is 0. The van der Waals surface area contributed by atoms with Crippen molar-refractivity contribution in [2.75, 3.05) is 0 Å². The predicted molar refractivity (Wildman–Crippen MR) is 53.1 cm³/mol. The first-order valence-electron chi connectivity index (χ1n) is 4.04. The maximum absolute atomic E-state index is 12.8. The van der Waals surface area contributed by atoms with Crippen LogP contribution in [0, 0.1) is 5.82 Å². The molecule has 0 unspecified atom stereocenters. The molecule has 13 heavy (non-hydrogen) atoms. The Balaban J connectivity index is 2.76. The van der Waals surface area contributed by atoms with Crippen molar-refractivity contribution in [1.29, 1.82) is 0 Å². The molecule has 0 N–H and O–H groups in total. The molecular formula is C9H8BrFN2. The first-order chi connectivity index (χ1) is 6.22. The zero-order valence-corrected chi connectivity index (χ0v) is 8.68. The van der Waals surface area contributed by atoms with Gasteiger partial charge in [-0.1, -0.05) is 0 Å². The average Bonchev–Trinajstić information content (AvgIpc) is 2.42. The summed E-state index contributed by atoms with van der Waals surface area (Å²) in [6.45, 7) is 2.77. The largest absolute Gasteiger partial charge is 0.258 e. The van der Waals surface area contributed by atoms with Crippen LogP contribution >= 0.6 is 15.9 Å². The highest BCUT2D eigenvalue weighted by atomic mass is 79.9. The molecule has 0 amide bonds. The summed E-state index contributed by atoms with van der Waals surface area (Å²) < 4.78 is 15.5. The van der Waals surface area contributed by atoms with Gasteiger partial charge in [0, 0.05) is 18.0 Å². The van der Waals surface area contributed by atoms with Gasteiger partial charge in [0.2, 0.25) is 0 Å². The van der Waals surface area contributed by atoms with Gasteiger partial charge in [0.1, 0.15) is 10.4 Å². The van der Waals surface area contributed by atoms with Crippen LogP contribution < -0.4 is 0 Å². The summed E-state index contributed by atoms with van der Waals surface area (Å²) in [5.74, 6) is -0.249. The topological polar surface area (TPSA) is 17.8 Å². The molecule has 0 bridgehead atoms. The second kappa shape index (κ2) is 3.10. The van der Waals surface area contributed by atoms with Crippen LogP contribution in [0.3, 0.4) is 0 Å². The lowest BCUT2D eigenvalue weighted by Crippen LogP contribution is -1.95. The second-order valence-electron chi connectivity index (χ2n) is 2.77. The van der Waals surface area contributed by atoms with Crippen LogP contribution in [0.2, 0.25) is 0 Å². The van der Waals surface area contributed by atoms with E-state index in [2.05, 4.69) is 21.0 Å². The Morgan fingerprint density at radius 3 is 3.00 bits per heavy atom. The van der Waals surface area contributed by atoms with E-state index in [1.807, 2.05) is 6.92 Å². The van der Waals surface area contributed by atoms with Crippen molar-refractivity contribution in [3.8, 4) is 0 Å². The number of hydrogen-bond donors (Lipinski definition) is 0. The minimum absolute atomic E-state index is 0.249. The molecule has 0 saturated carbocycles. The van der Waals surface area contributed by atoms with E-state index in [1.165, 1.54) is 12.1 Å². The van der Waals surface area contributed by atoms with E-state index in [4.69, 9.17) is 0 Å². The van der Waals surface area contributed by atoms with Crippen molar-refractivity contribution < 1.29 is 4.39 Å². The fourth-order valence-electron chi connectivity index (χ4n) is 1.28. The van der Waals surface area contributed by atoms with Gasteiger partial charge >= 0.3 is 0 Å². The molecule has 1 aromatic carbocycles. The van der Waals surface area contributed by atoms with Crippen molar-refractivity contribution in [1.82, 2.24) is 9.78 Å². The average molecular weight is 243 g/mol. The molecular weight excluding hydrogens is 235 g/mol. The lowest BCUT2D eigenvalue weighted by atomic mass is 10.2. The summed E-state index contributed by atoms with van der Waals surface area (Å²) in [6, 6.07) is 4.61. The first kappa shape index (κ1) is 8.69. The van der Waals surface area contributed by atoms with Gasteiger partial charge in [0.15, 0.2) is 0 Å². The number of fused-ring (bicyclic) bond motifs is 1. The molecule has 0 spiro atoms. The molecule has 2 rings (SSSR count). The number of hydrogen-bond acceptors (Lipinski definition) is 1. The summed E-state index contributed by atoms with van der Waals surface area (Å²) in [4.78, 5) is 0. The zero-order chi connectivity index (χ0) is 9.42. The fraction of sp³-hybridized carbons (Fsp3) is 0.222. The SMILES string of the molecule is CCn1nc2cc(F)ccc2c1Br. The third-order valence-electron chi connectivity index (χ3n) is 1.94. The molecule has 0 aliphatic rings. The predicted octanol–water partition coefficient (Wildman–Crippen LogP) is 2.96. The lowest BCUT2D eigenvalue weighted by Gasteiger charge is -1.94. The van der Waals surface area contributed by atoms with Crippen LogP contribution in [0.1, 0.15) is 6.92 Å². The second-order valence-corrected chi connectivity index (χ2v) is 3.52. The van der Waals surface area contributed by atoms with Gasteiger partial charge < -0.3 is 0 Å². The Bertz CT molecular complexity index is 450. The van der Waals surface area contributed by atoms with Crippen LogP contribution in [0.25, 0.3) is 10.9 Å². The van der Waals surface area contributed by atoms with Gasteiger partial charge in [0.05, 0.1) is 5.52 Å². The first-order valence-corrected chi connectivity index (χ1v) is 4.83. The highest BCUT2D eigenvalue weighted by Crippen LogP contribution is 2.23. The van der Waals surface area contributed by atoms with E-state index in [1.54, 1.807) is 10.7 Å². The normalized spacial score (nSPS) is 11.0. The zero-order valence-electron chi connectivity index (χ0n) is 7.09. The number of aromatic nitrogens is 2. The van der Waals surface area contributed by atoms with E-state index >= 15 is 0 Å². The van der Waals surface area contributed by atoms with Gasteiger partial charge in [-0.25, -0.2) is 4.39 Å². The van der Waals surface area contributed by atoms with Gasteiger partial charge in [0.25, 0.3) is 0 Å². The Morgan fingerprint density at radius 2 is 2.31 bits per heavy atom. The van der Waals surface area contributed by atoms with Gasteiger partial charge in [-0.15, -0.1) is 0 Å². The summed E-state index contributed by atoms with van der Waals surface area (Å²) in [5.41, 5.74) is 0.689. The highest BCUT2D eigenvalue weighted by molar-refractivity contribution is 9.10. The number of aryl methyl sites for hydroxylation is 1. The molecule has 4 heteroatoms. The molecule has 0 fully saturated rings. The van der Waals surface area contributed by atoms with Crippen molar-refractivity contribution in [2.45, 2.75) is 13.5 Å². The van der Waals surface area contributed by atoms with Crippen LogP contribution in [0.15, 0.2) is 22.8 Å². The Kier molecular flexibility index (Phi) is 2.07. The number of halogens is 2. The summed E-state index contributed by atoms with van der Waals surface area (Å²) in [5, 5.41) is 5.17. The standard InChI is InChI=1S/C9H8BrFN2/c1-2-13-9(10)7-4-3-6(11)5-8(7)12-13/h3-5H,2H2,1H3. The van der Waals surface area contributed by atoms with Crippen LogP contribution in [-0.2, 0) is 6.54 Å². The minimum Gasteiger partial charge on any atom is -0.258 e. The van der Waals surface area contributed by atoms with Crippen molar-refractivity contribution >= 4 is 26.8 Å². The molecule has 2 aromatic rings. The third-order valence-corrected chi connectivity index (χ3v) is 2.77. The van der Waals surface area contributed by atoms with Gasteiger partial charge in [-0.05, 0) is 35.0 Å². The van der Waals surface area contributed by atoms with E-state index < -0.39 is 0 Å². The maximum Gasteiger partial charge on any atom is 0.125 e. The van der Waals surface area contributed by atoms with E-state index in [0.29, 0.717) is 5.52 Å². The maximum atomic E-state index is 12.8. The Hall–Kier alpha value is -0.900. The molecule has 0 aliphatic carbocycles. The molecule has 0 radical (unpaired) electrons. The van der Waals surface area contributed by atoms with E-state index in [0.717, 1.165) is 16.5 Å². The van der Waals surface area contributed by atoms with Crippen LogP contribution in [0.4, 0.5) is 4.39 Å². The smallest absolute Gasteiger partial charge is 0.125 e. The quantitative estimate of drug-likeness (QED) is 0.752. The molecule has 0 saturated heterocycles. The Morgan fingerprint density at radius 1 is 1.54 bits per heavy atom. The van der Waals surface area contributed by atoms with E-state index in [9.17, 15) is 4.39 Å². The van der Waals surface area contributed by atoms with E-state index in [-0.39, 0.29) is 5.82 Å². The minimum atomic E-state index is -0.249. The fourth-order valence-corrected chi connectivity index (χ4v) is 1.95.